The van der Waals surface area contributed by atoms with Crippen LogP contribution in [-0.4, -0.2) is 30.7 Å². The first-order valence-electron chi connectivity index (χ1n) is 4.57. The van der Waals surface area contributed by atoms with Gasteiger partial charge in [0.2, 0.25) is 5.16 Å². The molecule has 0 saturated carbocycles. The number of hydrogen-bond acceptors (Lipinski definition) is 5. The van der Waals surface area contributed by atoms with Gasteiger partial charge in [-0.2, -0.15) is 0 Å². The largest absolute Gasteiger partial charge is 0.480 e. The Morgan fingerprint density at radius 2 is 2.47 bits per heavy atom. The molecule has 0 aromatic carbocycles. The fourth-order valence-corrected chi connectivity index (χ4v) is 2.22. The molecule has 0 saturated heterocycles. The minimum absolute atomic E-state index is 0.411. The molecule has 0 aliphatic rings. The second-order valence-electron chi connectivity index (χ2n) is 3.41. The van der Waals surface area contributed by atoms with E-state index >= 15 is 0 Å². The van der Waals surface area contributed by atoms with Crippen molar-refractivity contribution in [2.24, 2.45) is 0 Å². The van der Waals surface area contributed by atoms with E-state index in [1.807, 2.05) is 6.92 Å². The molecular weight excluding hydrogens is 216 g/mol. The maximum atomic E-state index is 11.1. The van der Waals surface area contributed by atoms with Gasteiger partial charge in [0.25, 0.3) is 0 Å². The zero-order chi connectivity index (χ0) is 11.5. The number of aromatic nitrogens is 3. The van der Waals surface area contributed by atoms with Crippen molar-refractivity contribution in [3.8, 4) is 0 Å². The Bertz CT molecular complexity index is 354. The zero-order valence-corrected chi connectivity index (χ0v) is 9.49. The van der Waals surface area contributed by atoms with Crippen molar-refractivity contribution >= 4 is 17.7 Å². The maximum Gasteiger partial charge on any atom is 0.319 e. The molecule has 0 radical (unpaired) electrons. The second-order valence-corrected chi connectivity index (χ2v) is 4.88. The SMILES string of the molecule is CCCC(C)(Sc1nncn1N)C(=O)O. The lowest BCUT2D eigenvalue weighted by molar-refractivity contribution is -0.139. The van der Waals surface area contributed by atoms with Crippen LogP contribution < -0.4 is 5.84 Å². The lowest BCUT2D eigenvalue weighted by Gasteiger charge is -2.22. The van der Waals surface area contributed by atoms with Gasteiger partial charge in [-0.1, -0.05) is 25.1 Å². The third kappa shape index (κ3) is 2.62. The van der Waals surface area contributed by atoms with E-state index in [1.54, 1.807) is 6.92 Å². The van der Waals surface area contributed by atoms with Crippen molar-refractivity contribution in [2.45, 2.75) is 36.6 Å². The molecule has 0 aliphatic carbocycles. The highest BCUT2D eigenvalue weighted by atomic mass is 32.2. The fourth-order valence-electron chi connectivity index (χ4n) is 1.19. The van der Waals surface area contributed by atoms with Crippen LogP contribution in [0.25, 0.3) is 0 Å². The highest BCUT2D eigenvalue weighted by molar-refractivity contribution is 8.01. The summed E-state index contributed by atoms with van der Waals surface area (Å²) in [4.78, 5) is 11.1. The molecule has 6 nitrogen and oxygen atoms in total. The van der Waals surface area contributed by atoms with Crippen molar-refractivity contribution in [3.63, 3.8) is 0 Å². The van der Waals surface area contributed by atoms with Gasteiger partial charge in [0, 0.05) is 0 Å². The van der Waals surface area contributed by atoms with E-state index in [9.17, 15) is 4.79 Å². The van der Waals surface area contributed by atoms with Crippen LogP contribution in [0.15, 0.2) is 11.5 Å². The number of rotatable bonds is 5. The van der Waals surface area contributed by atoms with Crippen LogP contribution in [-0.2, 0) is 4.79 Å². The summed E-state index contributed by atoms with van der Waals surface area (Å²) in [6.45, 7) is 3.60. The van der Waals surface area contributed by atoms with E-state index in [2.05, 4.69) is 10.2 Å². The molecule has 3 N–H and O–H groups in total. The Morgan fingerprint density at radius 3 is 2.87 bits per heavy atom. The van der Waals surface area contributed by atoms with Crippen molar-refractivity contribution in [1.82, 2.24) is 14.9 Å². The van der Waals surface area contributed by atoms with Crippen LogP contribution in [0.1, 0.15) is 26.7 Å². The van der Waals surface area contributed by atoms with E-state index in [-0.39, 0.29) is 0 Å². The standard InChI is InChI=1S/C8H14N4O2S/c1-3-4-8(2,6(13)14)15-7-11-10-5-12(7)9/h5H,3-4,9H2,1-2H3,(H,13,14). The van der Waals surface area contributed by atoms with E-state index < -0.39 is 10.7 Å². The molecule has 0 amide bonds. The summed E-state index contributed by atoms with van der Waals surface area (Å²) >= 11 is 1.12. The molecule has 0 spiro atoms. The Balaban J connectivity index is 2.84. The minimum Gasteiger partial charge on any atom is -0.480 e. The normalized spacial score (nSPS) is 14.8. The minimum atomic E-state index is -0.904. The monoisotopic (exact) mass is 230 g/mol. The average molecular weight is 230 g/mol. The Kier molecular flexibility index (Phi) is 3.57. The lowest BCUT2D eigenvalue weighted by Crippen LogP contribution is -2.32. The number of aliphatic carboxylic acids is 1. The number of nitrogen functional groups attached to an aromatic ring is 1. The first-order valence-corrected chi connectivity index (χ1v) is 5.38. The number of thioether (sulfide) groups is 1. The molecule has 84 valence electrons. The van der Waals surface area contributed by atoms with E-state index in [4.69, 9.17) is 10.9 Å². The van der Waals surface area contributed by atoms with Gasteiger partial charge in [-0.3, -0.25) is 4.79 Å². The van der Waals surface area contributed by atoms with Crippen LogP contribution in [0.5, 0.6) is 0 Å². The van der Waals surface area contributed by atoms with Crippen molar-refractivity contribution in [2.75, 3.05) is 5.84 Å². The molecule has 1 heterocycles. The highest BCUT2D eigenvalue weighted by Crippen LogP contribution is 2.34. The van der Waals surface area contributed by atoms with Crippen molar-refractivity contribution < 1.29 is 9.90 Å². The lowest BCUT2D eigenvalue weighted by atomic mass is 10.1. The predicted octanol–water partition coefficient (Wildman–Crippen LogP) is 0.727. The number of hydrogen-bond donors (Lipinski definition) is 2. The average Bonchev–Trinajstić information content (AvgIpc) is 2.52. The van der Waals surface area contributed by atoms with Gasteiger partial charge in [-0.15, -0.1) is 10.2 Å². The highest BCUT2D eigenvalue weighted by Gasteiger charge is 2.35. The van der Waals surface area contributed by atoms with Crippen LogP contribution in [0.4, 0.5) is 0 Å². The third-order valence-electron chi connectivity index (χ3n) is 2.04. The molecule has 1 atom stereocenters. The fraction of sp³-hybridized carbons (Fsp3) is 0.625. The van der Waals surface area contributed by atoms with Gasteiger partial charge in [0.15, 0.2) is 0 Å². The quantitative estimate of drug-likeness (QED) is 0.572. The predicted molar refractivity (Wildman–Crippen MR) is 57.0 cm³/mol. The zero-order valence-electron chi connectivity index (χ0n) is 8.67. The van der Waals surface area contributed by atoms with Gasteiger partial charge in [0.05, 0.1) is 0 Å². The van der Waals surface area contributed by atoms with Crippen LogP contribution in [0.3, 0.4) is 0 Å². The summed E-state index contributed by atoms with van der Waals surface area (Å²) in [5.41, 5.74) is 0. The summed E-state index contributed by atoms with van der Waals surface area (Å²) in [7, 11) is 0. The molecule has 0 aliphatic heterocycles. The molecule has 0 fully saturated rings. The topological polar surface area (TPSA) is 94.0 Å². The molecule has 1 unspecified atom stereocenters. The maximum absolute atomic E-state index is 11.1. The Labute approximate surface area is 91.8 Å². The second kappa shape index (κ2) is 4.52. The first-order chi connectivity index (χ1) is 6.99. The van der Waals surface area contributed by atoms with E-state index in [0.29, 0.717) is 11.6 Å². The molecule has 1 aromatic heterocycles. The summed E-state index contributed by atoms with van der Waals surface area (Å²) < 4.78 is 0.320. The number of carbonyl (C=O) groups is 1. The first kappa shape index (κ1) is 11.8. The number of nitrogens with two attached hydrogens (primary N) is 1. The summed E-state index contributed by atoms with van der Waals surface area (Å²) in [5, 5.41) is 16.9. The molecular formula is C8H14N4O2S. The molecule has 1 aromatic rings. The van der Waals surface area contributed by atoms with E-state index in [1.165, 1.54) is 11.0 Å². The van der Waals surface area contributed by atoms with Crippen LogP contribution >= 0.6 is 11.8 Å². The Hall–Kier alpha value is -1.24. The third-order valence-corrected chi connectivity index (χ3v) is 3.34. The van der Waals surface area contributed by atoms with Crippen molar-refractivity contribution in [3.05, 3.63) is 6.33 Å². The van der Waals surface area contributed by atoms with Gasteiger partial charge in [-0.25, -0.2) is 4.68 Å². The smallest absolute Gasteiger partial charge is 0.319 e. The molecule has 1 rings (SSSR count). The van der Waals surface area contributed by atoms with Gasteiger partial charge < -0.3 is 10.9 Å². The number of carboxylic acids is 1. The number of carboxylic acid groups (broad SMARTS) is 1. The molecule has 15 heavy (non-hydrogen) atoms. The molecule has 0 bridgehead atoms. The number of nitrogens with zero attached hydrogens (tertiary/aromatic N) is 3. The summed E-state index contributed by atoms with van der Waals surface area (Å²) in [6.07, 6.45) is 2.69. The van der Waals surface area contributed by atoms with Gasteiger partial charge in [0.1, 0.15) is 11.1 Å². The van der Waals surface area contributed by atoms with E-state index in [0.717, 1.165) is 18.2 Å². The van der Waals surface area contributed by atoms with Crippen LogP contribution in [0.2, 0.25) is 0 Å². The summed E-state index contributed by atoms with van der Waals surface area (Å²) in [5.74, 6) is 4.66. The van der Waals surface area contributed by atoms with Crippen LogP contribution in [0, 0.1) is 0 Å². The van der Waals surface area contributed by atoms with Gasteiger partial charge >= 0.3 is 5.97 Å². The summed E-state index contributed by atoms with van der Waals surface area (Å²) in [6, 6.07) is 0. The Morgan fingerprint density at radius 1 is 1.80 bits per heavy atom. The van der Waals surface area contributed by atoms with Crippen molar-refractivity contribution in [1.29, 1.82) is 0 Å². The molecule has 7 heteroatoms. The van der Waals surface area contributed by atoms with Gasteiger partial charge in [-0.05, 0) is 13.3 Å².